The first-order chi connectivity index (χ1) is 10.3. The van der Waals surface area contributed by atoms with Gasteiger partial charge in [-0.1, -0.05) is 19.8 Å². The fraction of sp³-hybridized carbons (Fsp3) is 0.455. The Morgan fingerprint density at radius 2 is 1.35 bits per heavy atom. The van der Waals surface area contributed by atoms with Crippen LogP contribution in [0.3, 0.4) is 0 Å². The van der Waals surface area contributed by atoms with Crippen molar-refractivity contribution < 1.29 is 26.2 Å². The summed E-state index contributed by atoms with van der Waals surface area (Å²) >= 11 is 0. The Kier molecular flexibility index (Phi) is 12.7. The van der Waals surface area contributed by atoms with Crippen LogP contribution >= 0.6 is 0 Å². The fourth-order valence-corrected chi connectivity index (χ4v) is 3.33. The summed E-state index contributed by atoms with van der Waals surface area (Å²) in [5.41, 5.74) is 3.16. The van der Waals surface area contributed by atoms with Gasteiger partial charge in [-0.2, -0.15) is 6.42 Å². The molecule has 0 aromatic heterocycles. The first-order valence-corrected chi connectivity index (χ1v) is 8.54. The third-order valence-corrected chi connectivity index (χ3v) is 4.42. The van der Waals surface area contributed by atoms with Crippen molar-refractivity contribution in [2.75, 3.05) is 0 Å². The molecule has 0 radical (unpaired) electrons. The van der Waals surface area contributed by atoms with E-state index in [-0.39, 0.29) is 33.6 Å². The van der Waals surface area contributed by atoms with E-state index in [9.17, 15) is 0 Å². The molecule has 0 saturated heterocycles. The molecule has 0 spiro atoms. The molecule has 124 valence electrons. The van der Waals surface area contributed by atoms with Crippen molar-refractivity contribution in [2.45, 2.75) is 51.9 Å². The van der Waals surface area contributed by atoms with Crippen LogP contribution in [0.2, 0.25) is 0 Å². The summed E-state index contributed by atoms with van der Waals surface area (Å²) in [6.07, 6.45) is 27.1. The van der Waals surface area contributed by atoms with E-state index < -0.39 is 0 Å². The van der Waals surface area contributed by atoms with Crippen LogP contribution in [0.1, 0.15) is 51.9 Å². The van der Waals surface area contributed by atoms with Crippen molar-refractivity contribution in [1.29, 1.82) is 0 Å². The van der Waals surface area contributed by atoms with Gasteiger partial charge in [-0.25, -0.2) is 36.1 Å². The predicted octanol–water partition coefficient (Wildman–Crippen LogP) is 6.65. The molecule has 0 nitrogen and oxygen atoms in total. The van der Waals surface area contributed by atoms with Crippen molar-refractivity contribution >= 4 is 0 Å². The van der Waals surface area contributed by atoms with Gasteiger partial charge < -0.3 is 14.4 Å². The minimum Gasteiger partial charge on any atom is -0.358 e. The molecule has 23 heavy (non-hydrogen) atoms. The van der Waals surface area contributed by atoms with E-state index in [0.717, 1.165) is 18.3 Å². The summed E-state index contributed by atoms with van der Waals surface area (Å²) in [4.78, 5) is 0. The third-order valence-electron chi connectivity index (χ3n) is 4.42. The molecule has 0 aliphatic heterocycles. The van der Waals surface area contributed by atoms with E-state index in [4.69, 9.17) is 0 Å². The van der Waals surface area contributed by atoms with Crippen LogP contribution in [0.5, 0.6) is 0 Å². The molecule has 4 aliphatic rings. The average Bonchev–Trinajstić information content (AvgIpc) is 3.17. The second kappa shape index (κ2) is 12.9. The Hall–Kier alpha value is -0.417. The Balaban J connectivity index is 0.000000336. The van der Waals surface area contributed by atoms with Gasteiger partial charge in [0.25, 0.3) is 0 Å². The summed E-state index contributed by atoms with van der Waals surface area (Å²) in [5.74, 6) is 1.77. The van der Waals surface area contributed by atoms with E-state index in [1.807, 2.05) is 6.92 Å². The first kappa shape index (κ1) is 22.6. The van der Waals surface area contributed by atoms with Crippen LogP contribution in [0.25, 0.3) is 0 Å². The zero-order chi connectivity index (χ0) is 14.9. The smallest absolute Gasteiger partial charge is 0.358 e. The molecular weight excluding hydrogens is 355 g/mol. The maximum Gasteiger partial charge on any atom is 4.00 e. The first-order valence-electron chi connectivity index (χ1n) is 8.54. The molecule has 2 unspecified atom stereocenters. The maximum atomic E-state index is 3.49. The zero-order valence-corrected chi connectivity index (χ0v) is 17.4. The summed E-state index contributed by atoms with van der Waals surface area (Å²) in [7, 11) is 0. The van der Waals surface area contributed by atoms with Crippen molar-refractivity contribution in [1.82, 2.24) is 0 Å². The quantitative estimate of drug-likeness (QED) is 0.408. The van der Waals surface area contributed by atoms with Gasteiger partial charge in [0.05, 0.1) is 0 Å². The normalized spacial score (nSPS) is 25.1. The molecule has 1 heteroatoms. The molecular formula is C22H32Zr. The van der Waals surface area contributed by atoms with Gasteiger partial charge in [0, 0.05) is 0 Å². The molecule has 0 N–H and O–H groups in total. The second-order valence-electron chi connectivity index (χ2n) is 6.12. The summed E-state index contributed by atoms with van der Waals surface area (Å²) in [5, 5.41) is 0. The minimum atomic E-state index is 0. The average molecular weight is 388 g/mol. The van der Waals surface area contributed by atoms with Crippen molar-refractivity contribution in [3.05, 3.63) is 74.8 Å². The van der Waals surface area contributed by atoms with Gasteiger partial charge >= 0.3 is 26.2 Å². The van der Waals surface area contributed by atoms with Gasteiger partial charge in [-0.3, -0.25) is 0 Å². The van der Waals surface area contributed by atoms with Crippen molar-refractivity contribution in [3.63, 3.8) is 0 Å². The number of rotatable bonds is 0. The second-order valence-corrected chi connectivity index (χ2v) is 6.12. The van der Waals surface area contributed by atoms with Crippen LogP contribution in [0, 0.1) is 39.0 Å². The fourth-order valence-electron chi connectivity index (χ4n) is 3.33. The van der Waals surface area contributed by atoms with Crippen LogP contribution in [0.15, 0.2) is 47.6 Å². The van der Waals surface area contributed by atoms with E-state index in [0.29, 0.717) is 0 Å². The van der Waals surface area contributed by atoms with Crippen molar-refractivity contribution in [3.8, 4) is 0 Å². The number of hydrogen-bond donors (Lipinski definition) is 0. The van der Waals surface area contributed by atoms with E-state index in [2.05, 4.69) is 56.2 Å². The van der Waals surface area contributed by atoms with Crippen LogP contribution in [0.4, 0.5) is 0 Å². The SMILES string of the molecule is C1=CCC2CC[CH-]C2=C1.C1=CCC2CC[CH-]C2=C1.[CH2-]CC.[CH3-].[Zr+4]. The molecule has 0 bridgehead atoms. The predicted molar refractivity (Wildman–Crippen MR) is 99.8 cm³/mol. The van der Waals surface area contributed by atoms with Crippen molar-refractivity contribution in [2.24, 2.45) is 11.8 Å². The summed E-state index contributed by atoms with van der Waals surface area (Å²) < 4.78 is 0. The third kappa shape index (κ3) is 7.34. The largest absolute Gasteiger partial charge is 4.00 e. The molecule has 2 fully saturated rings. The van der Waals surface area contributed by atoms with E-state index in [1.165, 1.54) is 38.5 Å². The standard InChI is InChI=1S/2C9H11.C3H7.CH3.Zr/c2*1-2-5-9-7-3-6-8(9)4-1;1-3-2;;/h2*1-2,4,6,9H,3,5,7H2;1,3H2,2H3;1H3;/q4*-1;+4. The maximum absolute atomic E-state index is 3.49. The number of hydrogen-bond acceptors (Lipinski definition) is 0. The van der Waals surface area contributed by atoms with Gasteiger partial charge in [-0.15, -0.1) is 37.1 Å². The molecule has 4 rings (SSSR count). The molecule has 0 amide bonds. The van der Waals surface area contributed by atoms with E-state index in [1.54, 1.807) is 11.1 Å². The van der Waals surface area contributed by atoms with Gasteiger partial charge in [0.2, 0.25) is 0 Å². The minimum absolute atomic E-state index is 0. The van der Waals surface area contributed by atoms with Crippen LogP contribution in [-0.4, -0.2) is 0 Å². The Labute approximate surface area is 164 Å². The van der Waals surface area contributed by atoms with Gasteiger partial charge in [0.1, 0.15) is 0 Å². The summed E-state index contributed by atoms with van der Waals surface area (Å²) in [6.45, 7) is 5.50. The molecule has 0 aromatic carbocycles. The van der Waals surface area contributed by atoms with Crippen LogP contribution in [-0.2, 0) is 26.2 Å². The van der Waals surface area contributed by atoms with Gasteiger partial charge in [-0.05, 0) is 24.7 Å². The molecule has 0 heterocycles. The van der Waals surface area contributed by atoms with Gasteiger partial charge in [0.15, 0.2) is 0 Å². The Bertz CT molecular complexity index is 385. The molecule has 4 aliphatic carbocycles. The van der Waals surface area contributed by atoms with E-state index >= 15 is 0 Å². The summed E-state index contributed by atoms with van der Waals surface area (Å²) in [6, 6.07) is 0. The molecule has 2 saturated carbocycles. The number of fused-ring (bicyclic) bond motifs is 2. The monoisotopic (exact) mass is 386 g/mol. The van der Waals surface area contributed by atoms with Crippen LogP contribution < -0.4 is 0 Å². The molecule has 0 aromatic rings. The Morgan fingerprint density at radius 3 is 1.70 bits per heavy atom. The molecule has 2 atom stereocenters. The number of allylic oxidation sites excluding steroid dienone is 8. The zero-order valence-electron chi connectivity index (χ0n) is 14.9. The topological polar surface area (TPSA) is 0 Å². The Morgan fingerprint density at radius 1 is 0.957 bits per heavy atom.